The van der Waals surface area contributed by atoms with Gasteiger partial charge in [-0.15, -0.1) is 0 Å². The topological polar surface area (TPSA) is 66.9 Å². The number of hydrogen-bond donors (Lipinski definition) is 2. The molecule has 0 fully saturated rings. The first-order chi connectivity index (χ1) is 13.0. The van der Waals surface area contributed by atoms with E-state index in [0.29, 0.717) is 35.3 Å². The second-order valence-corrected chi connectivity index (χ2v) is 6.39. The third-order valence-electron chi connectivity index (χ3n) is 3.78. The maximum Gasteiger partial charge on any atom is 0.270 e. The van der Waals surface area contributed by atoms with Gasteiger partial charge in [0.05, 0.1) is 0 Å². The van der Waals surface area contributed by atoms with Gasteiger partial charge in [0.2, 0.25) is 0 Å². The smallest absolute Gasteiger partial charge is 0.270 e. The summed E-state index contributed by atoms with van der Waals surface area (Å²) in [5.41, 5.74) is 1.97. The van der Waals surface area contributed by atoms with Crippen molar-refractivity contribution >= 4 is 29.0 Å². The molecule has 27 heavy (non-hydrogen) atoms. The maximum absolute atomic E-state index is 13.0. The van der Waals surface area contributed by atoms with Crippen molar-refractivity contribution in [2.24, 2.45) is 0 Å². The number of amides is 1. The van der Waals surface area contributed by atoms with Crippen molar-refractivity contribution < 1.29 is 9.18 Å². The Kier molecular flexibility index (Phi) is 5.98. The van der Waals surface area contributed by atoms with Crippen molar-refractivity contribution in [1.82, 2.24) is 15.3 Å². The summed E-state index contributed by atoms with van der Waals surface area (Å²) in [6.07, 6.45) is 0.664. The molecule has 3 aromatic rings. The molecule has 0 aliphatic heterocycles. The highest BCUT2D eigenvalue weighted by molar-refractivity contribution is 6.30. The van der Waals surface area contributed by atoms with Crippen molar-refractivity contribution in [3.05, 3.63) is 82.5 Å². The van der Waals surface area contributed by atoms with Crippen LogP contribution in [0.4, 0.5) is 15.9 Å². The van der Waals surface area contributed by atoms with Crippen LogP contribution in [0, 0.1) is 12.7 Å². The fraction of sp³-hybridized carbons (Fsp3) is 0.150. The molecule has 0 spiro atoms. The summed E-state index contributed by atoms with van der Waals surface area (Å²) in [5, 5.41) is 6.55. The SMILES string of the molecule is Cc1nc(Nc2ccc(F)cc2)cc(C(=O)NCCc2cccc(Cl)c2)n1. The van der Waals surface area contributed by atoms with Gasteiger partial charge in [0.25, 0.3) is 5.91 Å². The molecule has 1 aromatic heterocycles. The Morgan fingerprint density at radius 2 is 1.89 bits per heavy atom. The second kappa shape index (κ2) is 8.60. The van der Waals surface area contributed by atoms with Crippen molar-refractivity contribution in [2.45, 2.75) is 13.3 Å². The van der Waals surface area contributed by atoms with E-state index in [1.54, 1.807) is 25.1 Å². The van der Waals surface area contributed by atoms with Gasteiger partial charge in [0.1, 0.15) is 23.2 Å². The molecule has 1 heterocycles. The Morgan fingerprint density at radius 1 is 1.11 bits per heavy atom. The molecule has 0 aliphatic rings. The van der Waals surface area contributed by atoms with Gasteiger partial charge in [-0.2, -0.15) is 0 Å². The molecule has 0 saturated carbocycles. The molecule has 0 unspecified atom stereocenters. The van der Waals surface area contributed by atoms with Gasteiger partial charge in [0, 0.05) is 23.3 Å². The lowest BCUT2D eigenvalue weighted by atomic mass is 10.1. The molecule has 0 radical (unpaired) electrons. The Labute approximate surface area is 161 Å². The maximum atomic E-state index is 13.0. The van der Waals surface area contributed by atoms with Gasteiger partial charge >= 0.3 is 0 Å². The van der Waals surface area contributed by atoms with Crippen LogP contribution >= 0.6 is 11.6 Å². The number of nitrogens with one attached hydrogen (secondary N) is 2. The number of nitrogens with zero attached hydrogens (tertiary/aromatic N) is 2. The lowest BCUT2D eigenvalue weighted by Crippen LogP contribution is -2.27. The van der Waals surface area contributed by atoms with E-state index in [9.17, 15) is 9.18 Å². The number of carbonyl (C=O) groups is 1. The highest BCUT2D eigenvalue weighted by Crippen LogP contribution is 2.16. The fourth-order valence-electron chi connectivity index (χ4n) is 2.53. The van der Waals surface area contributed by atoms with Gasteiger partial charge in [-0.1, -0.05) is 23.7 Å². The molecule has 3 rings (SSSR count). The summed E-state index contributed by atoms with van der Waals surface area (Å²) in [5.74, 6) is 0.320. The fourth-order valence-corrected chi connectivity index (χ4v) is 2.75. The molecule has 0 aliphatic carbocycles. The number of anilines is 2. The number of carbonyl (C=O) groups excluding carboxylic acids is 1. The predicted molar refractivity (Wildman–Crippen MR) is 104 cm³/mol. The zero-order chi connectivity index (χ0) is 19.2. The summed E-state index contributed by atoms with van der Waals surface area (Å²) in [7, 11) is 0. The molecule has 2 aromatic carbocycles. The van der Waals surface area contributed by atoms with Crippen LogP contribution in [0.2, 0.25) is 5.02 Å². The number of rotatable bonds is 6. The largest absolute Gasteiger partial charge is 0.350 e. The lowest BCUT2D eigenvalue weighted by molar-refractivity contribution is 0.0949. The molecule has 1 amide bonds. The minimum Gasteiger partial charge on any atom is -0.350 e. The molecular weight excluding hydrogens is 367 g/mol. The van der Waals surface area contributed by atoms with Crippen LogP contribution in [-0.4, -0.2) is 22.4 Å². The van der Waals surface area contributed by atoms with Crippen LogP contribution in [-0.2, 0) is 6.42 Å². The van der Waals surface area contributed by atoms with E-state index in [-0.39, 0.29) is 17.4 Å². The van der Waals surface area contributed by atoms with E-state index in [2.05, 4.69) is 20.6 Å². The van der Waals surface area contributed by atoms with Crippen molar-refractivity contribution in [1.29, 1.82) is 0 Å². The van der Waals surface area contributed by atoms with E-state index >= 15 is 0 Å². The van der Waals surface area contributed by atoms with Crippen molar-refractivity contribution in [3.8, 4) is 0 Å². The van der Waals surface area contributed by atoms with Crippen LogP contribution in [0.3, 0.4) is 0 Å². The molecule has 0 bridgehead atoms. The van der Waals surface area contributed by atoms with Crippen molar-refractivity contribution in [3.63, 3.8) is 0 Å². The third kappa shape index (κ3) is 5.49. The van der Waals surface area contributed by atoms with Crippen LogP contribution in [0.15, 0.2) is 54.6 Å². The Morgan fingerprint density at radius 3 is 2.63 bits per heavy atom. The summed E-state index contributed by atoms with van der Waals surface area (Å²) in [4.78, 5) is 20.8. The van der Waals surface area contributed by atoms with Crippen LogP contribution in [0.25, 0.3) is 0 Å². The van der Waals surface area contributed by atoms with Crippen LogP contribution in [0.5, 0.6) is 0 Å². The molecule has 5 nitrogen and oxygen atoms in total. The summed E-state index contributed by atoms with van der Waals surface area (Å²) < 4.78 is 13.0. The van der Waals surface area contributed by atoms with E-state index in [4.69, 9.17) is 11.6 Å². The molecule has 7 heteroatoms. The molecule has 0 saturated heterocycles. The number of aromatic nitrogens is 2. The van der Waals surface area contributed by atoms with E-state index in [1.165, 1.54) is 12.1 Å². The zero-order valence-electron chi connectivity index (χ0n) is 14.7. The minimum absolute atomic E-state index is 0.262. The quantitative estimate of drug-likeness (QED) is 0.665. The first-order valence-corrected chi connectivity index (χ1v) is 8.78. The summed E-state index contributed by atoms with van der Waals surface area (Å²) in [6, 6.07) is 15.0. The van der Waals surface area contributed by atoms with Crippen molar-refractivity contribution in [2.75, 3.05) is 11.9 Å². The average molecular weight is 385 g/mol. The monoisotopic (exact) mass is 384 g/mol. The number of hydrogen-bond acceptors (Lipinski definition) is 4. The Bertz CT molecular complexity index is 947. The minimum atomic E-state index is -0.320. The third-order valence-corrected chi connectivity index (χ3v) is 4.01. The summed E-state index contributed by atoms with van der Waals surface area (Å²) in [6.45, 7) is 2.17. The molecule has 0 atom stereocenters. The van der Waals surface area contributed by atoms with E-state index in [1.807, 2.05) is 24.3 Å². The molecular formula is C20H18ClFN4O. The highest BCUT2D eigenvalue weighted by Gasteiger charge is 2.10. The van der Waals surface area contributed by atoms with Gasteiger partial charge < -0.3 is 10.6 Å². The van der Waals surface area contributed by atoms with Gasteiger partial charge in [0.15, 0.2) is 0 Å². The lowest BCUT2D eigenvalue weighted by Gasteiger charge is -2.09. The predicted octanol–water partition coefficient (Wildman–Crippen LogP) is 4.29. The average Bonchev–Trinajstić information content (AvgIpc) is 2.63. The van der Waals surface area contributed by atoms with Gasteiger partial charge in [-0.25, -0.2) is 14.4 Å². The summed E-state index contributed by atoms with van der Waals surface area (Å²) >= 11 is 5.96. The zero-order valence-corrected chi connectivity index (χ0v) is 15.4. The van der Waals surface area contributed by atoms with E-state index < -0.39 is 0 Å². The number of halogens is 2. The number of benzene rings is 2. The molecule has 138 valence electrons. The Hall–Kier alpha value is -2.99. The Balaban J connectivity index is 1.64. The standard InChI is InChI=1S/C20H18ClFN4O/c1-13-24-18(12-19(25-13)26-17-7-5-16(22)6-8-17)20(27)23-10-9-14-3-2-4-15(21)11-14/h2-8,11-12H,9-10H2,1H3,(H,23,27)(H,24,25,26). The normalized spacial score (nSPS) is 10.5. The molecule has 2 N–H and O–H groups in total. The van der Waals surface area contributed by atoms with Gasteiger partial charge in [-0.3, -0.25) is 4.79 Å². The van der Waals surface area contributed by atoms with Gasteiger partial charge in [-0.05, 0) is 55.3 Å². The number of aryl methyl sites for hydroxylation is 1. The highest BCUT2D eigenvalue weighted by atomic mass is 35.5. The van der Waals surface area contributed by atoms with Crippen LogP contribution in [0.1, 0.15) is 21.9 Å². The first kappa shape index (κ1) is 18.8. The second-order valence-electron chi connectivity index (χ2n) is 5.95. The van der Waals surface area contributed by atoms with Crippen LogP contribution < -0.4 is 10.6 Å². The van der Waals surface area contributed by atoms with E-state index in [0.717, 1.165) is 5.56 Å². The first-order valence-electron chi connectivity index (χ1n) is 8.40.